The molecular formula is C19H20N6O2. The molecule has 8 nitrogen and oxygen atoms in total. The average molecular weight is 364 g/mol. The Balaban J connectivity index is 1.50. The van der Waals surface area contributed by atoms with E-state index in [0.29, 0.717) is 17.3 Å². The molecule has 0 bridgehead atoms. The summed E-state index contributed by atoms with van der Waals surface area (Å²) in [4.78, 5) is 28.6. The van der Waals surface area contributed by atoms with Gasteiger partial charge in [-0.2, -0.15) is 10.2 Å². The monoisotopic (exact) mass is 364 g/mol. The van der Waals surface area contributed by atoms with Crippen LogP contribution >= 0.6 is 0 Å². The van der Waals surface area contributed by atoms with Gasteiger partial charge in [0, 0.05) is 24.0 Å². The van der Waals surface area contributed by atoms with Crippen LogP contribution in [-0.2, 0) is 11.3 Å². The highest BCUT2D eigenvalue weighted by Crippen LogP contribution is 2.28. The lowest BCUT2D eigenvalue weighted by Crippen LogP contribution is -2.29. The van der Waals surface area contributed by atoms with Crippen LogP contribution in [0.3, 0.4) is 0 Å². The zero-order valence-electron chi connectivity index (χ0n) is 15.0. The van der Waals surface area contributed by atoms with Crippen LogP contribution in [0.5, 0.6) is 0 Å². The predicted octanol–water partition coefficient (Wildman–Crippen LogP) is 2.13. The number of hydrogen-bond acceptors (Lipinski definition) is 5. The molecule has 3 aromatic heterocycles. The molecule has 8 heteroatoms. The number of nitrogens with zero attached hydrogens (tertiary/aromatic N) is 5. The Morgan fingerprint density at radius 2 is 2.22 bits per heavy atom. The summed E-state index contributed by atoms with van der Waals surface area (Å²) in [6.07, 6.45) is 8.40. The summed E-state index contributed by atoms with van der Waals surface area (Å²) in [5.74, 6) is 0.352. The number of fused-ring (bicyclic) bond motifs is 1. The van der Waals surface area contributed by atoms with Crippen molar-refractivity contribution in [3.8, 4) is 0 Å². The van der Waals surface area contributed by atoms with Gasteiger partial charge < -0.3 is 5.32 Å². The largest absolute Gasteiger partial charge is 0.324 e. The molecule has 1 aliphatic rings. The summed E-state index contributed by atoms with van der Waals surface area (Å²) < 4.78 is 2.81. The van der Waals surface area contributed by atoms with Crippen molar-refractivity contribution in [3.05, 3.63) is 58.9 Å². The molecule has 3 aromatic rings. The Morgan fingerprint density at radius 3 is 3.04 bits per heavy atom. The number of pyridine rings is 1. The summed E-state index contributed by atoms with van der Waals surface area (Å²) >= 11 is 0. The highest BCUT2D eigenvalue weighted by Gasteiger charge is 2.14. The van der Waals surface area contributed by atoms with Gasteiger partial charge in [-0.1, -0.05) is 13.0 Å². The molecule has 3 heterocycles. The van der Waals surface area contributed by atoms with Gasteiger partial charge in [-0.3, -0.25) is 9.59 Å². The van der Waals surface area contributed by atoms with E-state index in [2.05, 4.69) is 33.5 Å². The van der Waals surface area contributed by atoms with Crippen LogP contribution < -0.4 is 10.9 Å². The van der Waals surface area contributed by atoms with Crippen molar-refractivity contribution in [1.29, 1.82) is 0 Å². The summed E-state index contributed by atoms with van der Waals surface area (Å²) in [7, 11) is 0. The van der Waals surface area contributed by atoms with Crippen molar-refractivity contribution in [1.82, 2.24) is 24.4 Å². The van der Waals surface area contributed by atoms with Gasteiger partial charge in [0.25, 0.3) is 5.56 Å². The van der Waals surface area contributed by atoms with Crippen molar-refractivity contribution < 1.29 is 4.79 Å². The van der Waals surface area contributed by atoms with Crippen LogP contribution in [0.25, 0.3) is 11.2 Å². The van der Waals surface area contributed by atoms with E-state index in [9.17, 15) is 9.59 Å². The minimum atomic E-state index is -0.322. The first-order valence-electron chi connectivity index (χ1n) is 8.95. The molecule has 0 fully saturated rings. The van der Waals surface area contributed by atoms with Gasteiger partial charge in [-0.05, 0) is 42.9 Å². The molecule has 1 N–H and O–H groups in total. The van der Waals surface area contributed by atoms with Crippen LogP contribution in [-0.4, -0.2) is 30.3 Å². The van der Waals surface area contributed by atoms with Gasteiger partial charge in [0.2, 0.25) is 5.91 Å². The number of carbonyl (C=O) groups excluding carboxylic acids is 1. The van der Waals surface area contributed by atoms with Gasteiger partial charge in [0.15, 0.2) is 5.65 Å². The molecule has 27 heavy (non-hydrogen) atoms. The van der Waals surface area contributed by atoms with Gasteiger partial charge in [-0.15, -0.1) is 0 Å². The predicted molar refractivity (Wildman–Crippen MR) is 101 cm³/mol. The summed E-state index contributed by atoms with van der Waals surface area (Å²) in [6.45, 7) is 2.08. The Hall–Kier alpha value is -3.29. The summed E-state index contributed by atoms with van der Waals surface area (Å²) in [5, 5.41) is 11.2. The third-order valence-electron chi connectivity index (χ3n) is 4.73. The van der Waals surface area contributed by atoms with Crippen molar-refractivity contribution in [2.45, 2.75) is 32.7 Å². The third-order valence-corrected chi connectivity index (χ3v) is 4.73. The molecule has 0 spiro atoms. The van der Waals surface area contributed by atoms with Crippen LogP contribution in [0.1, 0.15) is 31.9 Å². The standard InChI is InChI=1S/C19H20N6O2/c1-13-2-4-14(5-3-13)16-6-7-19(27)25(23-16)11-18(26)22-15-8-9-24-17(10-15)20-12-21-24/h4,6-10,12-13H,2-3,5,11H2,1H3,(H,22,26)/t13-/m0/s1. The SMILES string of the molecule is C[C@H]1CC=C(c2ccc(=O)n(CC(=O)Nc3ccn4ncnc4c3)n2)CC1. The van der Waals surface area contributed by atoms with Gasteiger partial charge in [0.05, 0.1) is 5.69 Å². The molecule has 0 saturated carbocycles. The minimum absolute atomic E-state index is 0.145. The molecule has 0 aromatic carbocycles. The zero-order chi connectivity index (χ0) is 18.8. The van der Waals surface area contributed by atoms with Crippen LogP contribution in [0, 0.1) is 5.92 Å². The Bertz CT molecular complexity index is 1080. The molecule has 0 saturated heterocycles. The van der Waals surface area contributed by atoms with E-state index >= 15 is 0 Å². The lowest BCUT2D eigenvalue weighted by Gasteiger charge is -2.18. The number of hydrogen-bond donors (Lipinski definition) is 1. The number of amides is 1. The molecule has 1 aliphatic carbocycles. The molecule has 0 radical (unpaired) electrons. The first-order valence-corrected chi connectivity index (χ1v) is 8.95. The number of allylic oxidation sites excluding steroid dienone is 2. The van der Waals surface area contributed by atoms with Crippen molar-refractivity contribution in [3.63, 3.8) is 0 Å². The second-order valence-corrected chi connectivity index (χ2v) is 6.85. The first kappa shape index (κ1) is 17.1. The maximum absolute atomic E-state index is 12.4. The highest BCUT2D eigenvalue weighted by atomic mass is 16.2. The van der Waals surface area contributed by atoms with Crippen LogP contribution in [0.2, 0.25) is 0 Å². The van der Waals surface area contributed by atoms with E-state index in [-0.39, 0.29) is 18.0 Å². The molecular weight excluding hydrogens is 344 g/mol. The fourth-order valence-corrected chi connectivity index (χ4v) is 3.16. The Morgan fingerprint density at radius 1 is 1.33 bits per heavy atom. The van der Waals surface area contributed by atoms with Crippen molar-refractivity contribution in [2.75, 3.05) is 5.32 Å². The molecule has 4 rings (SSSR count). The molecule has 1 atom stereocenters. The lowest BCUT2D eigenvalue weighted by atomic mass is 9.90. The highest BCUT2D eigenvalue weighted by molar-refractivity contribution is 5.90. The summed E-state index contributed by atoms with van der Waals surface area (Å²) in [6, 6.07) is 6.64. The maximum atomic E-state index is 12.4. The number of anilines is 1. The number of rotatable bonds is 4. The normalized spacial score (nSPS) is 16.9. The number of aromatic nitrogens is 5. The van der Waals surface area contributed by atoms with E-state index in [1.807, 2.05) is 0 Å². The van der Waals surface area contributed by atoms with Gasteiger partial charge in [-0.25, -0.2) is 14.2 Å². The third kappa shape index (κ3) is 3.79. The van der Waals surface area contributed by atoms with Gasteiger partial charge in [0.1, 0.15) is 12.9 Å². The Kier molecular flexibility index (Phi) is 4.53. The topological polar surface area (TPSA) is 94.2 Å². The average Bonchev–Trinajstić information content (AvgIpc) is 3.12. The molecule has 1 amide bonds. The van der Waals surface area contributed by atoms with Gasteiger partial charge >= 0.3 is 0 Å². The number of carbonyl (C=O) groups is 1. The molecule has 138 valence electrons. The maximum Gasteiger partial charge on any atom is 0.267 e. The number of nitrogens with one attached hydrogen (secondary N) is 1. The van der Waals surface area contributed by atoms with E-state index < -0.39 is 0 Å². The van der Waals surface area contributed by atoms with E-state index in [1.165, 1.54) is 17.1 Å². The minimum Gasteiger partial charge on any atom is -0.324 e. The zero-order valence-corrected chi connectivity index (χ0v) is 15.0. The van der Waals surface area contributed by atoms with Crippen LogP contribution in [0.4, 0.5) is 5.69 Å². The summed E-state index contributed by atoms with van der Waals surface area (Å²) in [5.41, 5.74) is 2.82. The fraction of sp³-hybridized carbons (Fsp3) is 0.316. The quantitative estimate of drug-likeness (QED) is 0.765. The second-order valence-electron chi connectivity index (χ2n) is 6.85. The fourth-order valence-electron chi connectivity index (χ4n) is 3.16. The lowest BCUT2D eigenvalue weighted by molar-refractivity contribution is -0.117. The smallest absolute Gasteiger partial charge is 0.267 e. The molecule has 0 aliphatic heterocycles. The van der Waals surface area contributed by atoms with E-state index in [4.69, 9.17) is 0 Å². The van der Waals surface area contributed by atoms with Crippen molar-refractivity contribution >= 4 is 22.8 Å². The second kappa shape index (κ2) is 7.14. The van der Waals surface area contributed by atoms with Crippen molar-refractivity contribution in [2.24, 2.45) is 5.92 Å². The first-order chi connectivity index (χ1) is 13.1. The van der Waals surface area contributed by atoms with E-state index in [0.717, 1.165) is 30.5 Å². The molecule has 0 unspecified atom stereocenters. The Labute approximate surface area is 155 Å². The van der Waals surface area contributed by atoms with Crippen LogP contribution in [0.15, 0.2) is 47.7 Å². The van der Waals surface area contributed by atoms with E-state index in [1.54, 1.807) is 28.9 Å².